The molecule has 1 aliphatic rings. The molecule has 0 heterocycles. The Balaban J connectivity index is 2.35. The zero-order chi connectivity index (χ0) is 9.14. The molecular weight excluding hydrogens is 156 g/mol. The van der Waals surface area contributed by atoms with E-state index < -0.39 is 11.6 Å². The summed E-state index contributed by atoms with van der Waals surface area (Å²) < 4.78 is 0. The summed E-state index contributed by atoms with van der Waals surface area (Å²) in [6, 6.07) is 0. The molecule has 0 radical (unpaired) electrons. The van der Waals surface area contributed by atoms with Gasteiger partial charge in [-0.05, 0) is 12.8 Å². The SMILES string of the molecule is CC(=O)C(=O)CC(=O)C1CCC1. The fraction of sp³-hybridized carbons (Fsp3) is 0.667. The summed E-state index contributed by atoms with van der Waals surface area (Å²) in [4.78, 5) is 32.5. The molecule has 0 amide bonds. The van der Waals surface area contributed by atoms with E-state index in [2.05, 4.69) is 0 Å². The molecule has 0 saturated heterocycles. The Hall–Kier alpha value is -0.990. The highest BCUT2D eigenvalue weighted by atomic mass is 16.2. The van der Waals surface area contributed by atoms with Crippen molar-refractivity contribution in [1.82, 2.24) is 0 Å². The van der Waals surface area contributed by atoms with Crippen molar-refractivity contribution in [2.75, 3.05) is 0 Å². The van der Waals surface area contributed by atoms with Crippen LogP contribution in [0.15, 0.2) is 0 Å². The van der Waals surface area contributed by atoms with E-state index in [0.29, 0.717) is 0 Å². The number of hydrogen-bond donors (Lipinski definition) is 0. The third kappa shape index (κ3) is 2.00. The summed E-state index contributed by atoms with van der Waals surface area (Å²) in [5, 5.41) is 0. The van der Waals surface area contributed by atoms with Crippen molar-refractivity contribution >= 4 is 17.3 Å². The minimum atomic E-state index is -0.549. The number of Topliss-reactive ketones (excluding diaryl/α,β-unsaturated/α-hetero) is 3. The first-order valence-corrected chi connectivity index (χ1v) is 4.17. The van der Waals surface area contributed by atoms with Crippen molar-refractivity contribution in [3.05, 3.63) is 0 Å². The highest BCUT2D eigenvalue weighted by Crippen LogP contribution is 2.27. The molecule has 1 rings (SSSR count). The summed E-state index contributed by atoms with van der Waals surface area (Å²) in [6.45, 7) is 1.20. The Morgan fingerprint density at radius 3 is 2.17 bits per heavy atom. The third-order valence-corrected chi connectivity index (χ3v) is 2.29. The molecular formula is C9H12O3. The largest absolute Gasteiger partial charge is 0.299 e. The zero-order valence-corrected chi connectivity index (χ0v) is 7.13. The predicted octanol–water partition coefficient (Wildman–Crippen LogP) is 0.904. The summed E-state index contributed by atoms with van der Waals surface area (Å²) in [6.07, 6.45) is 2.68. The van der Waals surface area contributed by atoms with Crippen LogP contribution in [-0.2, 0) is 14.4 Å². The lowest BCUT2D eigenvalue weighted by Gasteiger charge is -2.23. The van der Waals surface area contributed by atoms with Crippen LogP contribution >= 0.6 is 0 Å². The highest BCUT2D eigenvalue weighted by molar-refractivity contribution is 6.39. The molecule has 0 spiro atoms. The van der Waals surface area contributed by atoms with Gasteiger partial charge in [0, 0.05) is 12.8 Å². The maximum atomic E-state index is 11.2. The van der Waals surface area contributed by atoms with Gasteiger partial charge in [0.1, 0.15) is 5.78 Å². The molecule has 0 aromatic rings. The van der Waals surface area contributed by atoms with E-state index >= 15 is 0 Å². The molecule has 0 aromatic heterocycles. The highest BCUT2D eigenvalue weighted by Gasteiger charge is 2.27. The van der Waals surface area contributed by atoms with Crippen molar-refractivity contribution in [1.29, 1.82) is 0 Å². The molecule has 0 unspecified atom stereocenters. The van der Waals surface area contributed by atoms with Gasteiger partial charge in [-0.25, -0.2) is 0 Å². The molecule has 12 heavy (non-hydrogen) atoms. The van der Waals surface area contributed by atoms with Gasteiger partial charge in [0.2, 0.25) is 5.78 Å². The van der Waals surface area contributed by atoms with Crippen LogP contribution in [0.25, 0.3) is 0 Å². The maximum Gasteiger partial charge on any atom is 0.205 e. The molecule has 1 aliphatic carbocycles. The molecule has 0 N–H and O–H groups in total. The van der Waals surface area contributed by atoms with Crippen LogP contribution in [-0.4, -0.2) is 17.3 Å². The van der Waals surface area contributed by atoms with Crippen LogP contribution in [0, 0.1) is 5.92 Å². The summed E-state index contributed by atoms with van der Waals surface area (Å²) >= 11 is 0. The predicted molar refractivity (Wildman–Crippen MR) is 42.7 cm³/mol. The van der Waals surface area contributed by atoms with Gasteiger partial charge in [0.15, 0.2) is 5.78 Å². The van der Waals surface area contributed by atoms with E-state index in [4.69, 9.17) is 0 Å². The Morgan fingerprint density at radius 1 is 1.25 bits per heavy atom. The number of hydrogen-bond acceptors (Lipinski definition) is 3. The van der Waals surface area contributed by atoms with E-state index in [0.717, 1.165) is 19.3 Å². The minimum Gasteiger partial charge on any atom is -0.299 e. The average molecular weight is 168 g/mol. The summed E-state index contributed by atoms with van der Waals surface area (Å²) in [5.74, 6) is -1.05. The van der Waals surface area contributed by atoms with Gasteiger partial charge < -0.3 is 0 Å². The quantitative estimate of drug-likeness (QED) is 0.463. The lowest BCUT2D eigenvalue weighted by atomic mass is 9.80. The normalized spacial score (nSPS) is 16.8. The number of ketones is 3. The van der Waals surface area contributed by atoms with Gasteiger partial charge in [0.25, 0.3) is 0 Å². The smallest absolute Gasteiger partial charge is 0.205 e. The average Bonchev–Trinajstić information content (AvgIpc) is 1.82. The second-order valence-electron chi connectivity index (χ2n) is 3.25. The van der Waals surface area contributed by atoms with Crippen molar-refractivity contribution in [2.24, 2.45) is 5.92 Å². The van der Waals surface area contributed by atoms with E-state index in [9.17, 15) is 14.4 Å². The summed E-state index contributed by atoms with van der Waals surface area (Å²) in [5.41, 5.74) is 0. The molecule has 1 saturated carbocycles. The van der Waals surface area contributed by atoms with Crippen molar-refractivity contribution in [3.63, 3.8) is 0 Å². The third-order valence-electron chi connectivity index (χ3n) is 2.29. The first-order valence-electron chi connectivity index (χ1n) is 4.17. The Bertz CT molecular complexity index is 226. The van der Waals surface area contributed by atoms with Gasteiger partial charge in [-0.3, -0.25) is 14.4 Å². The standard InChI is InChI=1S/C9H12O3/c1-6(10)8(11)5-9(12)7-3-2-4-7/h7H,2-5H2,1H3. The molecule has 1 fully saturated rings. The van der Waals surface area contributed by atoms with Crippen molar-refractivity contribution in [2.45, 2.75) is 32.6 Å². The summed E-state index contributed by atoms with van der Waals surface area (Å²) in [7, 11) is 0. The van der Waals surface area contributed by atoms with E-state index in [1.54, 1.807) is 0 Å². The molecule has 0 aromatic carbocycles. The first kappa shape index (κ1) is 9.10. The number of rotatable bonds is 4. The van der Waals surface area contributed by atoms with E-state index in [1.165, 1.54) is 6.92 Å². The Kier molecular flexibility index (Phi) is 2.74. The van der Waals surface area contributed by atoms with Crippen molar-refractivity contribution in [3.8, 4) is 0 Å². The molecule has 0 atom stereocenters. The maximum absolute atomic E-state index is 11.2. The van der Waals surface area contributed by atoms with Crippen LogP contribution in [0.3, 0.4) is 0 Å². The van der Waals surface area contributed by atoms with Crippen LogP contribution in [0.4, 0.5) is 0 Å². The molecule has 3 nitrogen and oxygen atoms in total. The molecule has 0 aliphatic heterocycles. The van der Waals surface area contributed by atoms with Crippen LogP contribution in [0.5, 0.6) is 0 Å². The van der Waals surface area contributed by atoms with Crippen LogP contribution in [0.2, 0.25) is 0 Å². The molecule has 66 valence electrons. The van der Waals surface area contributed by atoms with Crippen LogP contribution in [0.1, 0.15) is 32.6 Å². The fourth-order valence-corrected chi connectivity index (χ4v) is 1.16. The Labute approximate surface area is 71.1 Å². The second-order valence-corrected chi connectivity index (χ2v) is 3.25. The topological polar surface area (TPSA) is 51.2 Å². The first-order chi connectivity index (χ1) is 5.61. The van der Waals surface area contributed by atoms with E-state index in [-0.39, 0.29) is 18.1 Å². The van der Waals surface area contributed by atoms with E-state index in [1.807, 2.05) is 0 Å². The number of carbonyl (C=O) groups excluding carboxylic acids is 3. The minimum absolute atomic E-state index is 0.0542. The van der Waals surface area contributed by atoms with Gasteiger partial charge in [0.05, 0.1) is 6.42 Å². The van der Waals surface area contributed by atoms with Gasteiger partial charge in [-0.1, -0.05) is 6.42 Å². The lowest BCUT2D eigenvalue weighted by Crippen LogP contribution is -2.26. The zero-order valence-electron chi connectivity index (χ0n) is 7.13. The van der Waals surface area contributed by atoms with Crippen molar-refractivity contribution < 1.29 is 14.4 Å². The number of carbonyl (C=O) groups is 3. The second kappa shape index (κ2) is 3.61. The Morgan fingerprint density at radius 2 is 1.83 bits per heavy atom. The molecule has 0 bridgehead atoms. The van der Waals surface area contributed by atoms with Gasteiger partial charge in [-0.15, -0.1) is 0 Å². The van der Waals surface area contributed by atoms with Gasteiger partial charge in [-0.2, -0.15) is 0 Å². The lowest BCUT2D eigenvalue weighted by molar-refractivity contribution is -0.139. The molecule has 3 heteroatoms. The fourth-order valence-electron chi connectivity index (χ4n) is 1.16. The van der Waals surface area contributed by atoms with Crippen LogP contribution < -0.4 is 0 Å². The monoisotopic (exact) mass is 168 g/mol. The van der Waals surface area contributed by atoms with Gasteiger partial charge >= 0.3 is 0 Å².